The third-order valence-electron chi connectivity index (χ3n) is 6.04. The molecule has 0 atom stereocenters. The van der Waals surface area contributed by atoms with Crippen LogP contribution in [0.5, 0.6) is 17.2 Å². The van der Waals surface area contributed by atoms with Gasteiger partial charge in [-0.2, -0.15) is 0 Å². The molecule has 9 heteroatoms. The number of benzene rings is 2. The van der Waals surface area contributed by atoms with Gasteiger partial charge in [-0.1, -0.05) is 24.2 Å². The van der Waals surface area contributed by atoms with Crippen molar-refractivity contribution < 1.29 is 19.1 Å². The predicted molar refractivity (Wildman–Crippen MR) is 139 cm³/mol. The lowest BCUT2D eigenvalue weighted by molar-refractivity contribution is 0.121. The van der Waals surface area contributed by atoms with Crippen LogP contribution >= 0.6 is 24.8 Å². The molecule has 0 amide bonds. The van der Waals surface area contributed by atoms with E-state index in [1.54, 1.807) is 13.2 Å². The number of hydrogen-bond acceptors (Lipinski definition) is 7. The number of methoxy groups -OCH3 is 1. The second-order valence-electron chi connectivity index (χ2n) is 8.00. The molecule has 1 N–H and O–H groups in total. The van der Waals surface area contributed by atoms with E-state index < -0.39 is 0 Å². The first-order chi connectivity index (χ1) is 15.6. The van der Waals surface area contributed by atoms with E-state index in [4.69, 9.17) is 14.0 Å². The number of phenols is 1. The van der Waals surface area contributed by atoms with Gasteiger partial charge in [-0.3, -0.25) is 4.90 Å². The minimum atomic E-state index is 0. The Morgan fingerprint density at radius 2 is 1.62 bits per heavy atom. The third-order valence-corrected chi connectivity index (χ3v) is 6.04. The lowest BCUT2D eigenvalue weighted by Gasteiger charge is -2.33. The number of likely N-dealkylation sites (N-methyl/N-ethyl adjacent to an activating group) is 1. The normalized spacial score (nSPS) is 14.2. The van der Waals surface area contributed by atoms with Crippen LogP contribution in [0.25, 0.3) is 22.5 Å². The Balaban J connectivity index is 0.00000204. The Kier molecular flexibility index (Phi) is 10.5. The molecule has 2 aromatic carbocycles. The Bertz CT molecular complexity index is 1040. The number of aryl methyl sites for hydroxylation is 1. The maximum absolute atomic E-state index is 10.7. The molecule has 34 heavy (non-hydrogen) atoms. The number of piperazine rings is 1. The van der Waals surface area contributed by atoms with Crippen LogP contribution in [0.2, 0.25) is 0 Å². The Morgan fingerprint density at radius 1 is 0.971 bits per heavy atom. The van der Waals surface area contributed by atoms with Crippen molar-refractivity contribution in [3.05, 3.63) is 48.2 Å². The summed E-state index contributed by atoms with van der Waals surface area (Å²) in [5.74, 6) is 2.05. The summed E-state index contributed by atoms with van der Waals surface area (Å²) in [4.78, 5) is 4.87. The van der Waals surface area contributed by atoms with Gasteiger partial charge in [0.05, 0.1) is 23.9 Å². The van der Waals surface area contributed by atoms with Gasteiger partial charge in [0, 0.05) is 38.8 Å². The SMILES string of the molecule is CCN1CCN(CCOc2ccc(-c3onc(C)c3-c3ccc(OC)cc3)c(O)c2)CC1.Cl.Cl. The third kappa shape index (κ3) is 6.36. The zero-order valence-corrected chi connectivity index (χ0v) is 21.5. The topological polar surface area (TPSA) is 71.2 Å². The molecule has 0 spiro atoms. The highest BCUT2D eigenvalue weighted by Crippen LogP contribution is 2.40. The molecule has 0 unspecified atom stereocenters. The summed E-state index contributed by atoms with van der Waals surface area (Å²) in [6, 6.07) is 13.0. The van der Waals surface area contributed by atoms with E-state index in [1.165, 1.54) is 0 Å². The highest BCUT2D eigenvalue weighted by molar-refractivity contribution is 5.86. The Hall–Kier alpha value is -2.45. The number of aromatic hydroxyl groups is 1. The molecule has 0 radical (unpaired) electrons. The number of phenolic OH excluding ortho intramolecular Hbond substituents is 1. The molecule has 1 aliphatic rings. The van der Waals surface area contributed by atoms with Gasteiger partial charge in [0.2, 0.25) is 0 Å². The molecule has 2 heterocycles. The Labute approximate surface area is 213 Å². The molecule has 1 aliphatic heterocycles. The fraction of sp³-hybridized carbons (Fsp3) is 0.400. The number of ether oxygens (including phenoxy) is 2. The van der Waals surface area contributed by atoms with Crippen molar-refractivity contribution in [1.82, 2.24) is 15.0 Å². The minimum absolute atomic E-state index is 0. The van der Waals surface area contributed by atoms with Gasteiger partial charge in [0.1, 0.15) is 23.9 Å². The second kappa shape index (κ2) is 12.9. The molecule has 186 valence electrons. The van der Waals surface area contributed by atoms with E-state index >= 15 is 0 Å². The van der Waals surface area contributed by atoms with Gasteiger partial charge in [-0.05, 0) is 43.3 Å². The summed E-state index contributed by atoms with van der Waals surface area (Å²) >= 11 is 0. The van der Waals surface area contributed by atoms with E-state index in [9.17, 15) is 5.11 Å². The van der Waals surface area contributed by atoms with Crippen LogP contribution in [0.1, 0.15) is 12.6 Å². The lowest BCUT2D eigenvalue weighted by atomic mass is 9.99. The van der Waals surface area contributed by atoms with Gasteiger partial charge >= 0.3 is 0 Å². The largest absolute Gasteiger partial charge is 0.507 e. The first-order valence-corrected chi connectivity index (χ1v) is 11.1. The van der Waals surface area contributed by atoms with Crippen LogP contribution in [0.3, 0.4) is 0 Å². The molecule has 0 aliphatic carbocycles. The van der Waals surface area contributed by atoms with Crippen LogP contribution in [0.15, 0.2) is 47.0 Å². The van der Waals surface area contributed by atoms with E-state index in [0.717, 1.165) is 61.8 Å². The molecule has 4 rings (SSSR count). The maximum Gasteiger partial charge on any atom is 0.178 e. The molecule has 1 fully saturated rings. The zero-order valence-electron chi connectivity index (χ0n) is 19.8. The Morgan fingerprint density at radius 3 is 2.24 bits per heavy atom. The maximum atomic E-state index is 10.7. The molecular weight excluding hydrogens is 477 g/mol. The number of rotatable bonds is 8. The van der Waals surface area contributed by atoms with Crippen LogP contribution < -0.4 is 9.47 Å². The van der Waals surface area contributed by atoms with Crippen molar-refractivity contribution in [2.75, 3.05) is 53.0 Å². The highest BCUT2D eigenvalue weighted by Gasteiger charge is 2.20. The summed E-state index contributed by atoms with van der Waals surface area (Å²) in [5, 5.41) is 14.8. The number of aromatic nitrogens is 1. The van der Waals surface area contributed by atoms with Crippen molar-refractivity contribution >= 4 is 24.8 Å². The average Bonchev–Trinajstić information content (AvgIpc) is 3.20. The van der Waals surface area contributed by atoms with Crippen molar-refractivity contribution in [2.45, 2.75) is 13.8 Å². The molecular formula is C25H33Cl2N3O4. The molecule has 1 saturated heterocycles. The quantitative estimate of drug-likeness (QED) is 0.463. The summed E-state index contributed by atoms with van der Waals surface area (Å²) in [6.07, 6.45) is 0. The average molecular weight is 510 g/mol. The summed E-state index contributed by atoms with van der Waals surface area (Å²) < 4.78 is 16.7. The smallest absolute Gasteiger partial charge is 0.178 e. The van der Waals surface area contributed by atoms with Gasteiger partial charge in [-0.15, -0.1) is 24.8 Å². The molecule has 0 saturated carbocycles. The fourth-order valence-corrected chi connectivity index (χ4v) is 4.07. The van der Waals surface area contributed by atoms with Crippen LogP contribution in [0.4, 0.5) is 0 Å². The van der Waals surface area contributed by atoms with E-state index in [2.05, 4.69) is 21.9 Å². The van der Waals surface area contributed by atoms with E-state index in [1.807, 2.05) is 43.3 Å². The van der Waals surface area contributed by atoms with Gasteiger partial charge in [0.15, 0.2) is 5.76 Å². The standard InChI is InChI=1S/C25H31N3O4.2ClH/c1-4-27-11-13-28(14-12-27)15-16-31-21-9-10-22(23(29)17-21)25-24(18(2)26-32-25)19-5-7-20(30-3)8-6-19;;/h5-10,17,29H,4,11-16H2,1-3H3;2*1H. The first kappa shape index (κ1) is 27.8. The fourth-order valence-electron chi connectivity index (χ4n) is 4.07. The van der Waals surface area contributed by atoms with Crippen LogP contribution in [-0.2, 0) is 0 Å². The predicted octanol–water partition coefficient (Wildman–Crippen LogP) is 4.89. The lowest BCUT2D eigenvalue weighted by Crippen LogP contribution is -2.47. The molecule has 3 aromatic rings. The van der Waals surface area contributed by atoms with Crippen molar-refractivity contribution in [2.24, 2.45) is 0 Å². The van der Waals surface area contributed by atoms with Gasteiger partial charge < -0.3 is 24.0 Å². The van der Waals surface area contributed by atoms with Crippen molar-refractivity contribution in [3.8, 4) is 39.7 Å². The monoisotopic (exact) mass is 509 g/mol. The highest BCUT2D eigenvalue weighted by atomic mass is 35.5. The van der Waals surface area contributed by atoms with E-state index in [0.29, 0.717) is 23.7 Å². The van der Waals surface area contributed by atoms with Gasteiger partial charge in [-0.25, -0.2) is 0 Å². The van der Waals surface area contributed by atoms with Gasteiger partial charge in [0.25, 0.3) is 0 Å². The molecule has 1 aromatic heterocycles. The van der Waals surface area contributed by atoms with Crippen molar-refractivity contribution in [1.29, 1.82) is 0 Å². The second-order valence-corrected chi connectivity index (χ2v) is 8.00. The number of hydrogen-bond donors (Lipinski definition) is 1. The molecule has 0 bridgehead atoms. The number of halogens is 2. The number of nitrogens with zero attached hydrogens (tertiary/aromatic N) is 3. The summed E-state index contributed by atoms with van der Waals surface area (Å²) in [7, 11) is 1.64. The molecule has 7 nitrogen and oxygen atoms in total. The van der Waals surface area contributed by atoms with Crippen molar-refractivity contribution in [3.63, 3.8) is 0 Å². The van der Waals surface area contributed by atoms with E-state index in [-0.39, 0.29) is 30.6 Å². The first-order valence-electron chi connectivity index (χ1n) is 11.1. The summed E-state index contributed by atoms with van der Waals surface area (Å²) in [5.41, 5.74) is 3.14. The summed E-state index contributed by atoms with van der Waals surface area (Å²) in [6.45, 7) is 11.0. The minimum Gasteiger partial charge on any atom is -0.507 e. The van der Waals surface area contributed by atoms with Crippen LogP contribution in [-0.4, -0.2) is 73.0 Å². The van der Waals surface area contributed by atoms with Crippen LogP contribution in [0, 0.1) is 6.92 Å². The zero-order chi connectivity index (χ0) is 22.5.